The quantitative estimate of drug-likeness (QED) is 0.792. The number of aliphatic carboxylic acids is 1. The van der Waals surface area contributed by atoms with Crippen LogP contribution in [-0.4, -0.2) is 28.5 Å². The van der Waals surface area contributed by atoms with Crippen molar-refractivity contribution in [1.82, 2.24) is 4.98 Å². The van der Waals surface area contributed by atoms with Crippen LogP contribution in [0, 0.1) is 11.7 Å². The molecule has 1 aliphatic rings. The molecule has 7 heteroatoms. The van der Waals surface area contributed by atoms with Crippen LogP contribution < -0.4 is 4.90 Å². The Balaban J connectivity index is 1.69. The molecule has 1 aromatic heterocycles. The molecule has 1 atom stereocenters. The van der Waals surface area contributed by atoms with Crippen molar-refractivity contribution in [2.45, 2.75) is 6.42 Å². The second-order valence-electron chi connectivity index (χ2n) is 5.93. The zero-order valence-electron chi connectivity index (χ0n) is 13.0. The maximum Gasteiger partial charge on any atom is 0.308 e. The monoisotopic (exact) mass is 340 g/mol. The third kappa shape index (κ3) is 2.73. The average molecular weight is 340 g/mol. The molecule has 0 aliphatic carbocycles. The number of carboxylic acid groups (broad SMARTS) is 1. The normalized spacial score (nSPS) is 17.4. The molecule has 0 radical (unpaired) electrons. The summed E-state index contributed by atoms with van der Waals surface area (Å²) >= 11 is 0. The second kappa shape index (κ2) is 5.70. The Morgan fingerprint density at radius 1 is 1.28 bits per heavy atom. The Bertz CT molecular complexity index is 998. The van der Waals surface area contributed by atoms with E-state index in [9.17, 15) is 14.0 Å². The van der Waals surface area contributed by atoms with Gasteiger partial charge in [0.2, 0.25) is 11.8 Å². The lowest BCUT2D eigenvalue weighted by atomic mass is 10.1. The van der Waals surface area contributed by atoms with Crippen LogP contribution in [0.25, 0.3) is 22.6 Å². The molecule has 6 nitrogen and oxygen atoms in total. The summed E-state index contributed by atoms with van der Waals surface area (Å²) < 4.78 is 19.0. The van der Waals surface area contributed by atoms with E-state index in [4.69, 9.17) is 9.52 Å². The molecule has 0 saturated carbocycles. The summed E-state index contributed by atoms with van der Waals surface area (Å²) in [6, 6.07) is 10.9. The molecule has 4 rings (SSSR count). The van der Waals surface area contributed by atoms with E-state index < -0.39 is 11.9 Å². The molecule has 3 aromatic rings. The molecule has 1 fully saturated rings. The zero-order chi connectivity index (χ0) is 17.6. The number of carbonyl (C=O) groups is 2. The van der Waals surface area contributed by atoms with Gasteiger partial charge in [-0.3, -0.25) is 9.59 Å². The molecular formula is C18H13FN2O4. The fourth-order valence-corrected chi connectivity index (χ4v) is 2.95. The lowest BCUT2D eigenvalue weighted by Gasteiger charge is -2.15. The Kier molecular flexibility index (Phi) is 3.49. The first-order valence-electron chi connectivity index (χ1n) is 7.71. The van der Waals surface area contributed by atoms with Crippen molar-refractivity contribution in [2.75, 3.05) is 11.4 Å². The minimum atomic E-state index is -0.980. The smallest absolute Gasteiger partial charge is 0.308 e. The molecule has 2 aromatic carbocycles. The van der Waals surface area contributed by atoms with Crippen LogP contribution in [0.3, 0.4) is 0 Å². The lowest BCUT2D eigenvalue weighted by Crippen LogP contribution is -2.25. The van der Waals surface area contributed by atoms with Crippen molar-refractivity contribution in [3.8, 4) is 11.5 Å². The summed E-state index contributed by atoms with van der Waals surface area (Å²) in [5.74, 6) is -2.03. The summed E-state index contributed by atoms with van der Waals surface area (Å²) in [4.78, 5) is 28.9. The van der Waals surface area contributed by atoms with E-state index in [-0.39, 0.29) is 30.6 Å². The summed E-state index contributed by atoms with van der Waals surface area (Å²) in [6.45, 7) is 0.133. The Morgan fingerprint density at radius 2 is 2.12 bits per heavy atom. The molecule has 2 heterocycles. The molecular weight excluding hydrogens is 327 g/mol. The lowest BCUT2D eigenvalue weighted by molar-refractivity contribution is -0.141. The SMILES string of the molecule is O=C(O)[C@@H]1CC(=O)N(c2ccc3oc(-c4cccc(F)c4)nc3c2)C1. The number of rotatable bonds is 3. The highest BCUT2D eigenvalue weighted by atomic mass is 19.1. The van der Waals surface area contributed by atoms with Crippen LogP contribution in [0.15, 0.2) is 46.9 Å². The first kappa shape index (κ1) is 15.3. The highest BCUT2D eigenvalue weighted by Gasteiger charge is 2.35. The second-order valence-corrected chi connectivity index (χ2v) is 5.93. The highest BCUT2D eigenvalue weighted by molar-refractivity contribution is 6.00. The minimum Gasteiger partial charge on any atom is -0.481 e. The average Bonchev–Trinajstić information content (AvgIpc) is 3.17. The molecule has 126 valence electrons. The maximum atomic E-state index is 13.4. The van der Waals surface area contributed by atoms with Crippen LogP contribution in [0.4, 0.5) is 10.1 Å². The van der Waals surface area contributed by atoms with Gasteiger partial charge < -0.3 is 14.4 Å². The maximum absolute atomic E-state index is 13.4. The fourth-order valence-electron chi connectivity index (χ4n) is 2.95. The van der Waals surface area contributed by atoms with E-state index >= 15 is 0 Å². The molecule has 0 bridgehead atoms. The summed E-state index contributed by atoms with van der Waals surface area (Å²) in [5, 5.41) is 9.08. The summed E-state index contributed by atoms with van der Waals surface area (Å²) in [6.07, 6.45) is -0.0132. The van der Waals surface area contributed by atoms with E-state index in [2.05, 4.69) is 4.98 Å². The Morgan fingerprint density at radius 3 is 2.84 bits per heavy atom. The number of halogens is 1. The first-order valence-corrected chi connectivity index (χ1v) is 7.71. The summed E-state index contributed by atoms with van der Waals surface area (Å²) in [7, 11) is 0. The van der Waals surface area contributed by atoms with Gasteiger partial charge in [-0.1, -0.05) is 6.07 Å². The van der Waals surface area contributed by atoms with Crippen molar-refractivity contribution in [2.24, 2.45) is 5.92 Å². The fraction of sp³-hybridized carbons (Fsp3) is 0.167. The zero-order valence-corrected chi connectivity index (χ0v) is 13.0. The number of hydrogen-bond acceptors (Lipinski definition) is 4. The highest BCUT2D eigenvalue weighted by Crippen LogP contribution is 2.30. The number of oxazole rings is 1. The third-order valence-corrected chi connectivity index (χ3v) is 4.23. The predicted molar refractivity (Wildman–Crippen MR) is 87.5 cm³/mol. The number of carbonyl (C=O) groups excluding carboxylic acids is 1. The number of carboxylic acids is 1. The number of nitrogens with zero attached hydrogens (tertiary/aromatic N) is 2. The van der Waals surface area contributed by atoms with Gasteiger partial charge in [-0.05, 0) is 36.4 Å². The molecule has 1 N–H and O–H groups in total. The number of hydrogen-bond donors (Lipinski definition) is 1. The molecule has 0 spiro atoms. The van der Waals surface area contributed by atoms with Gasteiger partial charge in [0.15, 0.2) is 5.58 Å². The molecule has 25 heavy (non-hydrogen) atoms. The number of amides is 1. The van der Waals surface area contributed by atoms with Crippen molar-refractivity contribution in [1.29, 1.82) is 0 Å². The minimum absolute atomic E-state index is 0.0132. The van der Waals surface area contributed by atoms with Crippen LogP contribution >= 0.6 is 0 Å². The van der Waals surface area contributed by atoms with Crippen LogP contribution in [0.5, 0.6) is 0 Å². The number of fused-ring (bicyclic) bond motifs is 1. The van der Waals surface area contributed by atoms with Gasteiger partial charge in [0.25, 0.3) is 0 Å². The first-order chi connectivity index (χ1) is 12.0. The molecule has 1 amide bonds. The van der Waals surface area contributed by atoms with Gasteiger partial charge in [0, 0.05) is 24.2 Å². The van der Waals surface area contributed by atoms with Gasteiger partial charge in [0.05, 0.1) is 5.92 Å². The van der Waals surface area contributed by atoms with Gasteiger partial charge in [-0.2, -0.15) is 0 Å². The van der Waals surface area contributed by atoms with E-state index in [1.807, 2.05) is 0 Å². The number of anilines is 1. The number of aromatic nitrogens is 1. The van der Waals surface area contributed by atoms with E-state index in [0.717, 1.165) is 0 Å². The largest absolute Gasteiger partial charge is 0.481 e. The van der Waals surface area contributed by atoms with Crippen molar-refractivity contribution < 1.29 is 23.5 Å². The van der Waals surface area contributed by atoms with Crippen LogP contribution in [0.2, 0.25) is 0 Å². The third-order valence-electron chi connectivity index (χ3n) is 4.23. The Labute approximate surface area is 141 Å². The van der Waals surface area contributed by atoms with Crippen LogP contribution in [0.1, 0.15) is 6.42 Å². The topological polar surface area (TPSA) is 83.6 Å². The van der Waals surface area contributed by atoms with Crippen molar-refractivity contribution >= 4 is 28.7 Å². The predicted octanol–water partition coefficient (Wildman–Crippen LogP) is 3.07. The summed E-state index contributed by atoms with van der Waals surface area (Å²) in [5.41, 5.74) is 2.11. The van der Waals surface area contributed by atoms with Gasteiger partial charge in [-0.15, -0.1) is 0 Å². The molecule has 0 unspecified atom stereocenters. The van der Waals surface area contributed by atoms with Gasteiger partial charge >= 0.3 is 5.97 Å². The van der Waals surface area contributed by atoms with Crippen LogP contribution in [-0.2, 0) is 9.59 Å². The Hall–Kier alpha value is -3.22. The van der Waals surface area contributed by atoms with Gasteiger partial charge in [0.1, 0.15) is 11.3 Å². The molecule has 1 aliphatic heterocycles. The van der Waals surface area contributed by atoms with E-state index in [0.29, 0.717) is 22.4 Å². The standard InChI is InChI=1S/C18H13FN2O4/c19-12-3-1-2-10(6-12)17-20-14-8-13(4-5-15(14)25-17)21-9-11(18(23)24)7-16(21)22/h1-6,8,11H,7,9H2,(H,23,24)/t11-/m1/s1. The van der Waals surface area contributed by atoms with Crippen molar-refractivity contribution in [3.05, 3.63) is 48.3 Å². The number of benzene rings is 2. The van der Waals surface area contributed by atoms with Gasteiger partial charge in [-0.25, -0.2) is 9.37 Å². The van der Waals surface area contributed by atoms with E-state index in [1.54, 1.807) is 30.3 Å². The van der Waals surface area contributed by atoms with E-state index in [1.165, 1.54) is 17.0 Å². The van der Waals surface area contributed by atoms with Crippen molar-refractivity contribution in [3.63, 3.8) is 0 Å². The molecule has 1 saturated heterocycles.